The van der Waals surface area contributed by atoms with E-state index in [0.717, 1.165) is 11.5 Å². The number of H-pyrrole nitrogens is 1. The van der Waals surface area contributed by atoms with E-state index in [1.807, 2.05) is 7.05 Å². The lowest BCUT2D eigenvalue weighted by molar-refractivity contribution is 0.258. The molecule has 0 aliphatic heterocycles. The lowest BCUT2D eigenvalue weighted by Crippen LogP contribution is -2.35. The molecule has 0 unspecified atom stereocenters. The summed E-state index contributed by atoms with van der Waals surface area (Å²) in [7, 11) is 1.81. The predicted octanol–water partition coefficient (Wildman–Crippen LogP) is 1.90. The number of nitrogens with zero attached hydrogens (tertiary/aromatic N) is 2. The van der Waals surface area contributed by atoms with Crippen LogP contribution in [-0.2, 0) is 6.54 Å². The summed E-state index contributed by atoms with van der Waals surface area (Å²) in [4.78, 5) is 9.15. The van der Waals surface area contributed by atoms with E-state index in [0.29, 0.717) is 6.54 Å². The third-order valence-electron chi connectivity index (χ3n) is 2.35. The third kappa shape index (κ3) is 4.11. The van der Waals surface area contributed by atoms with Crippen LogP contribution in [0.15, 0.2) is 24.4 Å². The molecule has 0 aromatic carbocycles. The van der Waals surface area contributed by atoms with Gasteiger partial charge in [0.1, 0.15) is 11.0 Å². The fourth-order valence-electron chi connectivity index (χ4n) is 1.52. The summed E-state index contributed by atoms with van der Waals surface area (Å²) in [5.74, 6) is 0.814. The van der Waals surface area contributed by atoms with E-state index in [9.17, 15) is 0 Å². The molecule has 0 saturated carbocycles. The Hall–Kier alpha value is -1.49. The second-order valence-electron chi connectivity index (χ2n) is 3.93. The molecule has 1 heterocycles. The van der Waals surface area contributed by atoms with Crippen molar-refractivity contribution in [3.05, 3.63) is 30.1 Å². The summed E-state index contributed by atoms with van der Waals surface area (Å²) < 4.78 is 0. The minimum atomic E-state index is 0.00427. The zero-order valence-electron chi connectivity index (χ0n) is 10.3. The van der Waals surface area contributed by atoms with Crippen LogP contribution < -0.4 is 5.32 Å². The van der Waals surface area contributed by atoms with Gasteiger partial charge in [-0.2, -0.15) is 0 Å². The minimum Gasteiger partial charge on any atom is -0.375 e. The van der Waals surface area contributed by atoms with Crippen molar-refractivity contribution < 1.29 is 0 Å². The molecule has 3 N–H and O–H groups in total. The van der Waals surface area contributed by atoms with Gasteiger partial charge < -0.3 is 15.2 Å². The zero-order valence-corrected chi connectivity index (χ0v) is 11.0. The SMILES string of the molecule is CN/C(=C\C(=N)Cl)N(Cc1cnc[nH]1)C(C)C. The molecule has 0 aliphatic carbocycles. The monoisotopic (exact) mass is 255 g/mol. The molecule has 0 bridgehead atoms. The van der Waals surface area contributed by atoms with Crippen molar-refractivity contribution in [1.29, 1.82) is 5.41 Å². The Bertz CT molecular complexity index is 383. The van der Waals surface area contributed by atoms with Gasteiger partial charge in [-0.25, -0.2) is 4.98 Å². The number of hydrogen-bond donors (Lipinski definition) is 3. The molecule has 0 aliphatic rings. The van der Waals surface area contributed by atoms with Gasteiger partial charge in [0.15, 0.2) is 0 Å². The summed E-state index contributed by atoms with van der Waals surface area (Å²) in [6.07, 6.45) is 5.03. The second-order valence-corrected chi connectivity index (χ2v) is 4.33. The molecule has 6 heteroatoms. The van der Waals surface area contributed by atoms with Gasteiger partial charge >= 0.3 is 0 Å². The van der Waals surface area contributed by atoms with Crippen molar-refractivity contribution in [2.24, 2.45) is 0 Å². The van der Waals surface area contributed by atoms with E-state index in [-0.39, 0.29) is 11.2 Å². The summed E-state index contributed by atoms with van der Waals surface area (Å²) in [6, 6.07) is 0.285. The largest absolute Gasteiger partial charge is 0.375 e. The van der Waals surface area contributed by atoms with Gasteiger partial charge in [0.25, 0.3) is 0 Å². The maximum absolute atomic E-state index is 7.31. The molecule has 17 heavy (non-hydrogen) atoms. The molecule has 1 aromatic rings. The van der Waals surface area contributed by atoms with Crippen molar-refractivity contribution in [1.82, 2.24) is 20.2 Å². The van der Waals surface area contributed by atoms with Gasteiger partial charge in [-0.1, -0.05) is 11.6 Å². The predicted molar refractivity (Wildman–Crippen MR) is 70.0 cm³/mol. The molecule has 1 rings (SSSR count). The fourth-order valence-corrected chi connectivity index (χ4v) is 1.62. The Kier molecular flexibility index (Phi) is 5.03. The van der Waals surface area contributed by atoms with Crippen LogP contribution in [-0.4, -0.2) is 33.1 Å². The molecule has 0 amide bonds. The second kappa shape index (κ2) is 6.30. The normalized spacial score (nSPS) is 11.7. The number of imidazole rings is 1. The molecule has 0 saturated heterocycles. The van der Waals surface area contributed by atoms with Crippen LogP contribution in [0.2, 0.25) is 0 Å². The van der Waals surface area contributed by atoms with Crippen LogP contribution in [0.5, 0.6) is 0 Å². The number of halogens is 1. The van der Waals surface area contributed by atoms with Crippen LogP contribution >= 0.6 is 11.6 Å². The van der Waals surface area contributed by atoms with E-state index in [1.54, 1.807) is 18.6 Å². The lowest BCUT2D eigenvalue weighted by atomic mass is 10.3. The Balaban J connectivity index is 2.87. The highest BCUT2D eigenvalue weighted by atomic mass is 35.5. The highest BCUT2D eigenvalue weighted by Gasteiger charge is 2.13. The fraction of sp³-hybridized carbons (Fsp3) is 0.455. The first kappa shape index (κ1) is 13.6. The maximum Gasteiger partial charge on any atom is 0.124 e. The number of nitrogens with one attached hydrogen (secondary N) is 3. The van der Waals surface area contributed by atoms with Crippen LogP contribution in [0.1, 0.15) is 19.5 Å². The number of aromatic nitrogens is 2. The van der Waals surface area contributed by atoms with E-state index >= 15 is 0 Å². The average Bonchev–Trinajstić information content (AvgIpc) is 2.75. The van der Waals surface area contributed by atoms with Crippen LogP contribution in [0.4, 0.5) is 0 Å². The third-order valence-corrected chi connectivity index (χ3v) is 2.46. The quantitative estimate of drug-likeness (QED) is 0.680. The molecule has 1 aromatic heterocycles. The Labute approximate surface area is 106 Å². The lowest BCUT2D eigenvalue weighted by Gasteiger charge is -2.30. The summed E-state index contributed by atoms with van der Waals surface area (Å²) in [5.41, 5.74) is 1.01. The molecule has 0 radical (unpaired) electrons. The minimum absolute atomic E-state index is 0.00427. The maximum atomic E-state index is 7.31. The first-order valence-electron chi connectivity index (χ1n) is 5.42. The van der Waals surface area contributed by atoms with Crippen molar-refractivity contribution in [2.45, 2.75) is 26.4 Å². The van der Waals surface area contributed by atoms with Gasteiger partial charge in [0, 0.05) is 25.4 Å². The molecule has 0 atom stereocenters. The van der Waals surface area contributed by atoms with E-state index in [2.05, 4.69) is 34.0 Å². The zero-order chi connectivity index (χ0) is 12.8. The van der Waals surface area contributed by atoms with E-state index in [4.69, 9.17) is 17.0 Å². The van der Waals surface area contributed by atoms with Gasteiger partial charge in [0.2, 0.25) is 0 Å². The summed E-state index contributed by atoms with van der Waals surface area (Å²) in [5, 5.41) is 10.4. The Morgan fingerprint density at radius 1 is 1.71 bits per heavy atom. The van der Waals surface area contributed by atoms with Crippen molar-refractivity contribution in [3.63, 3.8) is 0 Å². The van der Waals surface area contributed by atoms with Crippen molar-refractivity contribution in [2.75, 3.05) is 7.05 Å². The molecular formula is C11H18ClN5. The highest BCUT2D eigenvalue weighted by Crippen LogP contribution is 2.12. The van der Waals surface area contributed by atoms with Crippen molar-refractivity contribution >= 4 is 16.8 Å². The molecule has 94 valence electrons. The van der Waals surface area contributed by atoms with E-state index in [1.165, 1.54) is 0 Å². The standard InChI is InChI=1S/C11H18ClN5/c1-8(2)17(6-9-5-15-7-16-9)11(14-3)4-10(12)13/h4-5,7-8,13-14H,6H2,1-3H3,(H,15,16)/b11-4+,13-10?. The molecule has 0 fully saturated rings. The number of aromatic amines is 1. The summed E-state index contributed by atoms with van der Waals surface area (Å²) in [6.45, 7) is 4.85. The average molecular weight is 256 g/mol. The van der Waals surface area contributed by atoms with E-state index < -0.39 is 0 Å². The Morgan fingerprint density at radius 3 is 2.82 bits per heavy atom. The first-order chi connectivity index (χ1) is 8.04. The topological polar surface area (TPSA) is 67.8 Å². The molecular weight excluding hydrogens is 238 g/mol. The van der Waals surface area contributed by atoms with Crippen LogP contribution in [0.25, 0.3) is 0 Å². The number of hydrogen-bond acceptors (Lipinski definition) is 4. The smallest absolute Gasteiger partial charge is 0.124 e. The Morgan fingerprint density at radius 2 is 2.41 bits per heavy atom. The molecule has 5 nitrogen and oxygen atoms in total. The van der Waals surface area contributed by atoms with Crippen LogP contribution in [0, 0.1) is 5.41 Å². The number of allylic oxidation sites excluding steroid dienone is 1. The van der Waals surface area contributed by atoms with Gasteiger partial charge in [0.05, 0.1) is 18.6 Å². The highest BCUT2D eigenvalue weighted by molar-refractivity contribution is 6.67. The molecule has 0 spiro atoms. The summed E-state index contributed by atoms with van der Waals surface area (Å²) >= 11 is 5.60. The van der Waals surface area contributed by atoms with Gasteiger partial charge in [-0.05, 0) is 13.8 Å². The van der Waals surface area contributed by atoms with Crippen LogP contribution in [0.3, 0.4) is 0 Å². The van der Waals surface area contributed by atoms with Gasteiger partial charge in [-0.3, -0.25) is 5.41 Å². The van der Waals surface area contributed by atoms with Crippen molar-refractivity contribution in [3.8, 4) is 0 Å². The number of rotatable bonds is 6. The first-order valence-corrected chi connectivity index (χ1v) is 5.79. The van der Waals surface area contributed by atoms with Gasteiger partial charge in [-0.15, -0.1) is 0 Å².